The molecule has 9 heteroatoms. The Kier molecular flexibility index (Phi) is 6.69. The first kappa shape index (κ1) is 23.6. The van der Waals surface area contributed by atoms with Crippen LogP contribution >= 0.6 is 11.6 Å². The van der Waals surface area contributed by atoms with Crippen molar-refractivity contribution in [2.24, 2.45) is 0 Å². The van der Waals surface area contributed by atoms with Gasteiger partial charge in [0.25, 0.3) is 5.91 Å². The van der Waals surface area contributed by atoms with E-state index in [2.05, 4.69) is 20.7 Å². The van der Waals surface area contributed by atoms with Crippen LogP contribution in [0.4, 0.5) is 10.3 Å². The molecule has 4 aromatic rings. The standard InChI is InChI=1S/C27H23ClFN5O2/c1-17-24(26(35)30-14-18-6-3-2-4-7-18)25(34-27(33-17)31-16-32-34)19-10-12-20(13-11-19)36-15-21-22(28)8-5-9-23(21)29/h2-13,16,25H,14-15H2,1H3,(H,30,35)(H,31,32,33)/t25-/m1/s1. The second-order valence-electron chi connectivity index (χ2n) is 8.32. The Bertz CT molecular complexity index is 1400. The lowest BCUT2D eigenvalue weighted by molar-refractivity contribution is -0.118. The Labute approximate surface area is 212 Å². The lowest BCUT2D eigenvalue weighted by Gasteiger charge is -2.28. The summed E-state index contributed by atoms with van der Waals surface area (Å²) in [5, 5.41) is 10.8. The van der Waals surface area contributed by atoms with Crippen molar-refractivity contribution in [3.63, 3.8) is 0 Å². The molecule has 0 bridgehead atoms. The molecule has 7 nitrogen and oxygen atoms in total. The number of allylic oxidation sites excluding steroid dienone is 1. The third-order valence-electron chi connectivity index (χ3n) is 5.98. The molecule has 2 heterocycles. The summed E-state index contributed by atoms with van der Waals surface area (Å²) in [6, 6.07) is 21.0. The van der Waals surface area contributed by atoms with Gasteiger partial charge in [-0.05, 0) is 42.3 Å². The van der Waals surface area contributed by atoms with Crippen LogP contribution in [0.5, 0.6) is 5.75 Å². The molecule has 0 saturated carbocycles. The molecule has 0 saturated heterocycles. The molecule has 1 amide bonds. The Balaban J connectivity index is 1.38. The third-order valence-corrected chi connectivity index (χ3v) is 6.33. The number of hydrogen-bond donors (Lipinski definition) is 2. The largest absolute Gasteiger partial charge is 0.489 e. The number of rotatable bonds is 7. The van der Waals surface area contributed by atoms with Crippen molar-refractivity contribution < 1.29 is 13.9 Å². The molecule has 1 atom stereocenters. The van der Waals surface area contributed by atoms with E-state index in [-0.39, 0.29) is 12.5 Å². The van der Waals surface area contributed by atoms with Crippen molar-refractivity contribution in [3.05, 3.63) is 118 Å². The van der Waals surface area contributed by atoms with Gasteiger partial charge in [-0.3, -0.25) is 4.79 Å². The van der Waals surface area contributed by atoms with Crippen LogP contribution in [0.25, 0.3) is 0 Å². The molecule has 3 aromatic carbocycles. The van der Waals surface area contributed by atoms with Gasteiger partial charge in [0.05, 0.1) is 10.6 Å². The number of hydrogen-bond acceptors (Lipinski definition) is 5. The van der Waals surface area contributed by atoms with Crippen molar-refractivity contribution in [1.82, 2.24) is 20.1 Å². The number of carbonyl (C=O) groups excluding carboxylic acids is 1. The summed E-state index contributed by atoms with van der Waals surface area (Å²) in [6.07, 6.45) is 1.45. The van der Waals surface area contributed by atoms with E-state index in [1.807, 2.05) is 49.4 Å². The fraction of sp³-hybridized carbons (Fsp3) is 0.148. The van der Waals surface area contributed by atoms with Crippen molar-refractivity contribution in [1.29, 1.82) is 0 Å². The minimum Gasteiger partial charge on any atom is -0.489 e. The molecule has 0 spiro atoms. The van der Waals surface area contributed by atoms with Crippen LogP contribution in [-0.2, 0) is 17.9 Å². The van der Waals surface area contributed by atoms with Crippen LogP contribution in [0.1, 0.15) is 29.7 Å². The molecule has 0 unspecified atom stereocenters. The lowest BCUT2D eigenvalue weighted by atomic mass is 9.95. The van der Waals surface area contributed by atoms with E-state index < -0.39 is 11.9 Å². The van der Waals surface area contributed by atoms with Gasteiger partial charge in [0.1, 0.15) is 30.5 Å². The van der Waals surface area contributed by atoms with E-state index in [9.17, 15) is 9.18 Å². The maximum Gasteiger partial charge on any atom is 0.251 e. The second kappa shape index (κ2) is 10.2. The number of ether oxygens (including phenoxy) is 1. The van der Waals surface area contributed by atoms with Crippen LogP contribution in [0.3, 0.4) is 0 Å². The minimum absolute atomic E-state index is 0.00240. The Hall–Kier alpha value is -4.17. The molecule has 0 radical (unpaired) electrons. The number of carbonyl (C=O) groups is 1. The molecule has 1 aliphatic rings. The number of nitrogens with zero attached hydrogens (tertiary/aromatic N) is 3. The zero-order chi connectivity index (χ0) is 25.1. The number of aromatic nitrogens is 3. The molecule has 182 valence electrons. The third kappa shape index (κ3) is 4.81. The highest BCUT2D eigenvalue weighted by molar-refractivity contribution is 6.31. The van der Waals surface area contributed by atoms with Crippen LogP contribution in [0, 0.1) is 5.82 Å². The first-order valence-corrected chi connectivity index (χ1v) is 11.7. The summed E-state index contributed by atoms with van der Waals surface area (Å²) in [5.74, 6) is 0.470. The van der Waals surface area contributed by atoms with E-state index in [4.69, 9.17) is 16.3 Å². The van der Waals surface area contributed by atoms with Gasteiger partial charge in [-0.2, -0.15) is 10.1 Å². The lowest BCUT2D eigenvalue weighted by Crippen LogP contribution is -2.34. The normalized spacial score (nSPS) is 14.7. The van der Waals surface area contributed by atoms with E-state index in [1.165, 1.54) is 12.4 Å². The van der Waals surface area contributed by atoms with Crippen LogP contribution in [0.15, 0.2) is 90.4 Å². The number of fused-ring (bicyclic) bond motifs is 1. The summed E-state index contributed by atoms with van der Waals surface area (Å²) in [4.78, 5) is 17.6. The number of anilines is 1. The van der Waals surface area contributed by atoms with Crippen molar-refractivity contribution in [2.75, 3.05) is 5.32 Å². The van der Waals surface area contributed by atoms with Crippen LogP contribution in [0.2, 0.25) is 5.02 Å². The maximum absolute atomic E-state index is 14.1. The zero-order valence-corrected chi connectivity index (χ0v) is 20.2. The molecule has 1 aliphatic heterocycles. The van der Waals surface area contributed by atoms with Gasteiger partial charge in [-0.1, -0.05) is 60.1 Å². The summed E-state index contributed by atoms with van der Waals surface area (Å²) < 4.78 is 21.5. The Morgan fingerprint density at radius 2 is 1.89 bits per heavy atom. The average Bonchev–Trinajstić information content (AvgIpc) is 3.35. The summed E-state index contributed by atoms with van der Waals surface area (Å²) in [7, 11) is 0. The molecular weight excluding hydrogens is 481 g/mol. The van der Waals surface area contributed by atoms with E-state index in [0.29, 0.717) is 40.1 Å². The minimum atomic E-state index is -0.491. The monoisotopic (exact) mass is 503 g/mol. The Morgan fingerprint density at radius 1 is 1.11 bits per heavy atom. The molecular formula is C27H23ClFN5O2. The number of amides is 1. The molecule has 0 fully saturated rings. The first-order chi connectivity index (χ1) is 17.5. The topological polar surface area (TPSA) is 81.1 Å². The number of halogens is 2. The number of benzene rings is 3. The molecule has 1 aromatic heterocycles. The quantitative estimate of drug-likeness (QED) is 0.360. The van der Waals surface area contributed by atoms with Gasteiger partial charge in [0, 0.05) is 17.8 Å². The highest BCUT2D eigenvalue weighted by atomic mass is 35.5. The predicted octanol–water partition coefficient (Wildman–Crippen LogP) is 5.25. The van der Waals surface area contributed by atoms with Gasteiger partial charge in [-0.25, -0.2) is 9.07 Å². The van der Waals surface area contributed by atoms with Crippen molar-refractivity contribution in [3.8, 4) is 5.75 Å². The zero-order valence-electron chi connectivity index (χ0n) is 19.4. The molecule has 0 aliphatic carbocycles. The fourth-order valence-electron chi connectivity index (χ4n) is 4.14. The van der Waals surface area contributed by atoms with E-state index >= 15 is 0 Å². The van der Waals surface area contributed by atoms with Gasteiger partial charge >= 0.3 is 0 Å². The van der Waals surface area contributed by atoms with Gasteiger partial charge in [-0.15, -0.1) is 0 Å². The number of nitrogens with one attached hydrogen (secondary N) is 2. The van der Waals surface area contributed by atoms with E-state index in [0.717, 1.165) is 11.1 Å². The van der Waals surface area contributed by atoms with E-state index in [1.54, 1.807) is 28.9 Å². The second-order valence-corrected chi connectivity index (χ2v) is 8.73. The maximum atomic E-state index is 14.1. The first-order valence-electron chi connectivity index (χ1n) is 11.4. The van der Waals surface area contributed by atoms with Crippen molar-refractivity contribution in [2.45, 2.75) is 26.1 Å². The SMILES string of the molecule is CC1=C(C(=O)NCc2ccccc2)[C@@H](c2ccc(OCc3c(F)cccc3Cl)cc2)n2ncnc2N1. The molecule has 36 heavy (non-hydrogen) atoms. The van der Waals surface area contributed by atoms with Crippen LogP contribution in [-0.4, -0.2) is 20.7 Å². The highest BCUT2D eigenvalue weighted by Crippen LogP contribution is 2.35. The fourth-order valence-corrected chi connectivity index (χ4v) is 4.36. The predicted molar refractivity (Wildman–Crippen MR) is 135 cm³/mol. The summed E-state index contributed by atoms with van der Waals surface area (Å²) >= 11 is 6.10. The average molecular weight is 504 g/mol. The summed E-state index contributed by atoms with van der Waals surface area (Å²) in [5.41, 5.74) is 3.35. The summed E-state index contributed by atoms with van der Waals surface area (Å²) in [6.45, 7) is 2.24. The van der Waals surface area contributed by atoms with Crippen molar-refractivity contribution >= 4 is 23.5 Å². The smallest absolute Gasteiger partial charge is 0.251 e. The van der Waals surface area contributed by atoms with Crippen LogP contribution < -0.4 is 15.4 Å². The Morgan fingerprint density at radius 3 is 2.64 bits per heavy atom. The molecule has 5 rings (SSSR count). The molecule has 2 N–H and O–H groups in total. The van der Waals surface area contributed by atoms with Gasteiger partial charge < -0.3 is 15.4 Å². The van der Waals surface area contributed by atoms with Gasteiger partial charge in [0.15, 0.2) is 0 Å². The van der Waals surface area contributed by atoms with Gasteiger partial charge in [0.2, 0.25) is 5.95 Å². The highest BCUT2D eigenvalue weighted by Gasteiger charge is 2.33.